The normalized spacial score (nSPS) is 12.4. The molecule has 0 aliphatic rings. The second-order valence-corrected chi connectivity index (χ2v) is 7.21. The van der Waals surface area contributed by atoms with E-state index >= 15 is 0 Å². The molecule has 108 valence electrons. The van der Waals surface area contributed by atoms with E-state index in [4.69, 9.17) is 4.74 Å². The van der Waals surface area contributed by atoms with Crippen LogP contribution >= 0.6 is 0 Å². The van der Waals surface area contributed by atoms with Gasteiger partial charge in [0, 0.05) is 13.7 Å². The fourth-order valence-electron chi connectivity index (χ4n) is 1.64. The van der Waals surface area contributed by atoms with Gasteiger partial charge in [-0.2, -0.15) is 0 Å². The highest BCUT2D eigenvalue weighted by molar-refractivity contribution is 7.91. The Hall–Kier alpha value is -1.07. The lowest BCUT2D eigenvalue weighted by molar-refractivity contribution is 0.0343. The Morgan fingerprint density at radius 1 is 1.26 bits per heavy atom. The number of ether oxygens (including phenoxy) is 1. The summed E-state index contributed by atoms with van der Waals surface area (Å²) < 4.78 is 29.7. The molecule has 0 radical (unpaired) electrons. The standard InChI is InChI=1S/C14H23NO3S/c1-5-10-19(16,17)13-9-7-6-8-12(13)15-11-14(2,3)18-4/h6-9,15H,5,10-11H2,1-4H3. The van der Waals surface area contributed by atoms with Gasteiger partial charge in [0.1, 0.15) is 0 Å². The Bertz CT molecular complexity index is 509. The highest BCUT2D eigenvalue weighted by atomic mass is 32.2. The summed E-state index contributed by atoms with van der Waals surface area (Å²) in [7, 11) is -1.58. The van der Waals surface area contributed by atoms with Crippen molar-refractivity contribution in [3.63, 3.8) is 0 Å². The van der Waals surface area contributed by atoms with Gasteiger partial charge in [-0.15, -0.1) is 0 Å². The average Bonchev–Trinajstić information content (AvgIpc) is 2.37. The van der Waals surface area contributed by atoms with E-state index < -0.39 is 9.84 Å². The molecule has 0 aromatic heterocycles. The van der Waals surface area contributed by atoms with E-state index in [1.165, 1.54) is 0 Å². The van der Waals surface area contributed by atoms with Gasteiger partial charge in [-0.25, -0.2) is 8.42 Å². The van der Waals surface area contributed by atoms with E-state index in [9.17, 15) is 8.42 Å². The first-order chi connectivity index (χ1) is 8.82. The molecule has 0 spiro atoms. The fourth-order valence-corrected chi connectivity index (χ4v) is 3.16. The molecule has 0 atom stereocenters. The molecule has 1 N–H and O–H groups in total. The van der Waals surface area contributed by atoms with E-state index in [2.05, 4.69) is 5.32 Å². The molecule has 0 heterocycles. The van der Waals surface area contributed by atoms with Crippen molar-refractivity contribution < 1.29 is 13.2 Å². The van der Waals surface area contributed by atoms with Crippen LogP contribution in [0.4, 0.5) is 5.69 Å². The molecular formula is C14H23NO3S. The van der Waals surface area contributed by atoms with Crippen molar-refractivity contribution in [2.75, 3.05) is 24.7 Å². The van der Waals surface area contributed by atoms with Gasteiger partial charge < -0.3 is 10.1 Å². The highest BCUT2D eigenvalue weighted by Crippen LogP contribution is 2.23. The Morgan fingerprint density at radius 3 is 2.47 bits per heavy atom. The molecule has 4 nitrogen and oxygen atoms in total. The molecule has 5 heteroatoms. The largest absolute Gasteiger partial charge is 0.381 e. The van der Waals surface area contributed by atoms with Gasteiger partial charge in [-0.1, -0.05) is 19.1 Å². The first kappa shape index (κ1) is 16.0. The number of para-hydroxylation sites is 1. The van der Waals surface area contributed by atoms with Crippen molar-refractivity contribution in [2.45, 2.75) is 37.7 Å². The van der Waals surface area contributed by atoms with Crippen molar-refractivity contribution in [1.82, 2.24) is 0 Å². The fraction of sp³-hybridized carbons (Fsp3) is 0.571. The number of hydrogen-bond donors (Lipinski definition) is 1. The van der Waals surface area contributed by atoms with Crippen LogP contribution in [0.5, 0.6) is 0 Å². The number of sulfone groups is 1. The minimum Gasteiger partial charge on any atom is -0.381 e. The minimum absolute atomic E-state index is 0.166. The Balaban J connectivity index is 2.97. The van der Waals surface area contributed by atoms with Gasteiger partial charge >= 0.3 is 0 Å². The molecule has 1 aromatic carbocycles. The smallest absolute Gasteiger partial charge is 0.180 e. The zero-order chi connectivity index (χ0) is 14.5. The van der Waals surface area contributed by atoms with Crippen LogP contribution in [0.3, 0.4) is 0 Å². The molecule has 0 saturated carbocycles. The average molecular weight is 285 g/mol. The van der Waals surface area contributed by atoms with Gasteiger partial charge in [-0.3, -0.25) is 0 Å². The summed E-state index contributed by atoms with van der Waals surface area (Å²) in [5.74, 6) is 0.166. The summed E-state index contributed by atoms with van der Waals surface area (Å²) in [5.41, 5.74) is 0.294. The predicted octanol–water partition coefficient (Wildman–Crippen LogP) is 2.71. The highest BCUT2D eigenvalue weighted by Gasteiger charge is 2.20. The van der Waals surface area contributed by atoms with Crippen LogP contribution in [0.15, 0.2) is 29.2 Å². The number of nitrogens with one attached hydrogen (secondary N) is 1. The van der Waals surface area contributed by atoms with Gasteiger partial charge in [0.25, 0.3) is 0 Å². The summed E-state index contributed by atoms with van der Waals surface area (Å²) in [6, 6.07) is 7.00. The van der Waals surface area contributed by atoms with Crippen LogP contribution in [0.2, 0.25) is 0 Å². The molecule has 19 heavy (non-hydrogen) atoms. The van der Waals surface area contributed by atoms with Gasteiger partial charge in [0.15, 0.2) is 9.84 Å². The summed E-state index contributed by atoms with van der Waals surface area (Å²) in [6.45, 7) is 6.30. The number of benzene rings is 1. The summed E-state index contributed by atoms with van der Waals surface area (Å²) in [6.07, 6.45) is 0.611. The first-order valence-electron chi connectivity index (χ1n) is 6.43. The summed E-state index contributed by atoms with van der Waals surface area (Å²) in [4.78, 5) is 0.365. The van der Waals surface area contributed by atoms with Crippen LogP contribution in [-0.4, -0.2) is 33.4 Å². The van der Waals surface area contributed by atoms with E-state index in [0.717, 1.165) is 0 Å². The molecule has 0 bridgehead atoms. The van der Waals surface area contributed by atoms with Crippen molar-refractivity contribution in [3.05, 3.63) is 24.3 Å². The lowest BCUT2D eigenvalue weighted by Crippen LogP contribution is -2.32. The number of rotatable bonds is 7. The Morgan fingerprint density at radius 2 is 1.89 bits per heavy atom. The van der Waals surface area contributed by atoms with Crippen LogP contribution in [-0.2, 0) is 14.6 Å². The third kappa shape index (κ3) is 4.51. The zero-order valence-electron chi connectivity index (χ0n) is 12.1. The van der Waals surface area contributed by atoms with E-state index in [1.54, 1.807) is 25.3 Å². The van der Waals surface area contributed by atoms with Gasteiger partial charge in [-0.05, 0) is 32.4 Å². The molecule has 0 fully saturated rings. The number of anilines is 1. The van der Waals surface area contributed by atoms with Gasteiger partial charge in [0.05, 0.1) is 21.9 Å². The Kier molecular flexibility index (Phi) is 5.38. The second kappa shape index (κ2) is 6.39. The summed E-state index contributed by atoms with van der Waals surface area (Å²) in [5, 5.41) is 3.16. The topological polar surface area (TPSA) is 55.4 Å². The zero-order valence-corrected chi connectivity index (χ0v) is 12.9. The Labute approximate surface area is 116 Å². The molecule has 0 saturated heterocycles. The molecule has 0 amide bonds. The van der Waals surface area contributed by atoms with Crippen LogP contribution in [0.1, 0.15) is 27.2 Å². The maximum absolute atomic E-state index is 12.2. The lowest BCUT2D eigenvalue weighted by atomic mass is 10.1. The quantitative estimate of drug-likeness (QED) is 0.837. The maximum atomic E-state index is 12.2. The molecule has 1 rings (SSSR count). The molecule has 1 aromatic rings. The van der Waals surface area contributed by atoms with E-state index in [0.29, 0.717) is 23.5 Å². The van der Waals surface area contributed by atoms with E-state index in [1.807, 2.05) is 26.8 Å². The SMILES string of the molecule is CCCS(=O)(=O)c1ccccc1NCC(C)(C)OC. The number of methoxy groups -OCH3 is 1. The van der Waals surface area contributed by atoms with Crippen molar-refractivity contribution in [2.24, 2.45) is 0 Å². The molecule has 0 aliphatic heterocycles. The predicted molar refractivity (Wildman–Crippen MR) is 78.4 cm³/mol. The maximum Gasteiger partial charge on any atom is 0.180 e. The minimum atomic E-state index is -3.22. The van der Waals surface area contributed by atoms with Crippen LogP contribution < -0.4 is 5.32 Å². The molecule has 0 aliphatic carbocycles. The third-order valence-electron chi connectivity index (χ3n) is 2.95. The second-order valence-electron chi connectivity index (χ2n) is 5.13. The number of hydrogen-bond acceptors (Lipinski definition) is 4. The van der Waals surface area contributed by atoms with Crippen molar-refractivity contribution in [3.8, 4) is 0 Å². The lowest BCUT2D eigenvalue weighted by Gasteiger charge is -2.24. The van der Waals surface area contributed by atoms with Crippen molar-refractivity contribution in [1.29, 1.82) is 0 Å². The summed E-state index contributed by atoms with van der Waals surface area (Å²) >= 11 is 0. The van der Waals surface area contributed by atoms with Crippen LogP contribution in [0, 0.1) is 0 Å². The van der Waals surface area contributed by atoms with Gasteiger partial charge in [0.2, 0.25) is 0 Å². The molecular weight excluding hydrogens is 262 g/mol. The first-order valence-corrected chi connectivity index (χ1v) is 8.08. The monoisotopic (exact) mass is 285 g/mol. The van der Waals surface area contributed by atoms with E-state index in [-0.39, 0.29) is 11.4 Å². The third-order valence-corrected chi connectivity index (χ3v) is 4.92. The molecule has 0 unspecified atom stereocenters. The van der Waals surface area contributed by atoms with Crippen LogP contribution in [0.25, 0.3) is 0 Å². The van der Waals surface area contributed by atoms with Crippen molar-refractivity contribution >= 4 is 15.5 Å².